The van der Waals surface area contributed by atoms with Crippen LogP contribution in [0.4, 0.5) is 4.79 Å². The van der Waals surface area contributed by atoms with Gasteiger partial charge in [0.25, 0.3) is 0 Å². The molecule has 0 spiro atoms. The number of esters is 1. The van der Waals surface area contributed by atoms with Gasteiger partial charge in [-0.05, 0) is 40.5 Å². The molecule has 1 rings (SSSR count). The molecule has 1 fully saturated rings. The van der Waals surface area contributed by atoms with Crippen LogP contribution < -0.4 is 0 Å². The van der Waals surface area contributed by atoms with Crippen molar-refractivity contribution in [2.24, 2.45) is 5.41 Å². The second-order valence-electron chi connectivity index (χ2n) is 6.56. The summed E-state index contributed by atoms with van der Waals surface area (Å²) in [6, 6.07) is 0. The molecule has 2 atom stereocenters. The van der Waals surface area contributed by atoms with E-state index < -0.39 is 29.2 Å². The topological polar surface area (TPSA) is 76.1 Å². The Morgan fingerprint density at radius 2 is 2.09 bits per heavy atom. The van der Waals surface area contributed by atoms with Crippen molar-refractivity contribution in [1.29, 1.82) is 0 Å². The van der Waals surface area contributed by atoms with Crippen molar-refractivity contribution in [2.45, 2.75) is 52.2 Å². The van der Waals surface area contributed by atoms with E-state index in [1.807, 2.05) is 0 Å². The van der Waals surface area contributed by atoms with Crippen LogP contribution in [0.1, 0.15) is 40.5 Å². The number of β-amino-alcohol motifs (C(OH)–C–C–N with tert-alkyl or cyclic N) is 1. The lowest BCUT2D eigenvalue weighted by molar-refractivity contribution is -0.168. The highest BCUT2D eigenvalue weighted by Crippen LogP contribution is 2.37. The number of allylic oxidation sites excluding steroid dienone is 1. The summed E-state index contributed by atoms with van der Waals surface area (Å²) >= 11 is 0. The van der Waals surface area contributed by atoms with E-state index in [-0.39, 0.29) is 13.2 Å². The van der Waals surface area contributed by atoms with Gasteiger partial charge in [0.15, 0.2) is 0 Å². The van der Waals surface area contributed by atoms with Gasteiger partial charge in [0, 0.05) is 6.54 Å². The highest BCUT2D eigenvalue weighted by Gasteiger charge is 2.49. The van der Waals surface area contributed by atoms with Crippen LogP contribution in [0, 0.1) is 5.41 Å². The molecule has 1 aliphatic rings. The van der Waals surface area contributed by atoms with Crippen LogP contribution in [0.25, 0.3) is 0 Å². The van der Waals surface area contributed by atoms with Crippen LogP contribution in [0.3, 0.4) is 0 Å². The zero-order valence-corrected chi connectivity index (χ0v) is 13.9. The van der Waals surface area contributed by atoms with Crippen molar-refractivity contribution in [1.82, 2.24) is 4.90 Å². The summed E-state index contributed by atoms with van der Waals surface area (Å²) in [5.74, 6) is -0.439. The molecule has 126 valence electrons. The third kappa shape index (κ3) is 4.22. The predicted octanol–water partition coefficient (Wildman–Crippen LogP) is 2.11. The van der Waals surface area contributed by atoms with Gasteiger partial charge >= 0.3 is 12.1 Å². The van der Waals surface area contributed by atoms with Gasteiger partial charge in [-0.3, -0.25) is 4.79 Å². The van der Waals surface area contributed by atoms with Crippen molar-refractivity contribution in [3.63, 3.8) is 0 Å². The number of aliphatic hydroxyl groups is 1. The summed E-state index contributed by atoms with van der Waals surface area (Å²) in [6.45, 7) is 11.4. The van der Waals surface area contributed by atoms with Gasteiger partial charge in [0.2, 0.25) is 0 Å². The first-order valence-electron chi connectivity index (χ1n) is 7.60. The lowest BCUT2D eigenvalue weighted by Gasteiger charge is -2.43. The minimum atomic E-state index is -1.03. The van der Waals surface area contributed by atoms with Crippen molar-refractivity contribution < 1.29 is 24.2 Å². The highest BCUT2D eigenvalue weighted by molar-refractivity contribution is 5.79. The second kappa shape index (κ2) is 7.13. The second-order valence-corrected chi connectivity index (χ2v) is 6.56. The number of ether oxygens (including phenoxy) is 2. The number of aliphatic hydroxyl groups excluding tert-OH is 1. The predicted molar refractivity (Wildman–Crippen MR) is 82.3 cm³/mol. The molecule has 1 amide bonds. The molecule has 0 radical (unpaired) electrons. The average molecular weight is 313 g/mol. The molecule has 1 saturated heterocycles. The van der Waals surface area contributed by atoms with Gasteiger partial charge in [-0.15, -0.1) is 6.58 Å². The maximum absolute atomic E-state index is 12.3. The Morgan fingerprint density at radius 3 is 2.55 bits per heavy atom. The lowest BCUT2D eigenvalue weighted by atomic mass is 9.73. The molecule has 1 heterocycles. The summed E-state index contributed by atoms with van der Waals surface area (Å²) in [5.41, 5.74) is -1.63. The van der Waals surface area contributed by atoms with Crippen molar-refractivity contribution in [3.05, 3.63) is 12.7 Å². The van der Waals surface area contributed by atoms with Crippen LogP contribution in [0.5, 0.6) is 0 Å². The molecule has 0 aromatic carbocycles. The first-order chi connectivity index (χ1) is 10.2. The standard InChI is InChI=1S/C16H27NO5/c1-6-8-16(13(19)21-7-2)9-10-17(11-12(16)18)14(20)22-15(3,4)5/h6,12,18H,1,7-11H2,2-5H3/t12-,16-/m0/s1. The van der Waals surface area contributed by atoms with E-state index >= 15 is 0 Å². The van der Waals surface area contributed by atoms with Gasteiger partial charge in [0.05, 0.1) is 19.3 Å². The number of rotatable bonds is 4. The molecule has 0 aromatic heterocycles. The summed E-state index contributed by atoms with van der Waals surface area (Å²) in [7, 11) is 0. The Kier molecular flexibility index (Phi) is 6.00. The molecule has 0 saturated carbocycles. The summed E-state index contributed by atoms with van der Waals surface area (Å²) < 4.78 is 10.4. The molecule has 1 aliphatic heterocycles. The fraction of sp³-hybridized carbons (Fsp3) is 0.750. The minimum Gasteiger partial charge on any atom is -0.465 e. The van der Waals surface area contributed by atoms with Crippen LogP contribution in [-0.4, -0.2) is 53.5 Å². The van der Waals surface area contributed by atoms with E-state index in [0.717, 1.165) is 0 Å². The third-order valence-corrected chi connectivity index (χ3v) is 3.70. The van der Waals surface area contributed by atoms with E-state index in [4.69, 9.17) is 9.47 Å². The Bertz CT molecular complexity index is 429. The van der Waals surface area contributed by atoms with Gasteiger partial charge in [-0.1, -0.05) is 6.08 Å². The number of amides is 1. The highest BCUT2D eigenvalue weighted by atomic mass is 16.6. The van der Waals surface area contributed by atoms with E-state index in [2.05, 4.69) is 6.58 Å². The maximum atomic E-state index is 12.3. The molecular weight excluding hydrogens is 286 g/mol. The van der Waals surface area contributed by atoms with Crippen molar-refractivity contribution >= 4 is 12.1 Å². The average Bonchev–Trinajstić information content (AvgIpc) is 2.39. The number of carbonyl (C=O) groups excluding carboxylic acids is 2. The zero-order chi connectivity index (χ0) is 17.0. The van der Waals surface area contributed by atoms with Crippen LogP contribution in [-0.2, 0) is 14.3 Å². The molecule has 0 aromatic rings. The quantitative estimate of drug-likeness (QED) is 0.635. The Balaban J connectivity index is 2.83. The van der Waals surface area contributed by atoms with Gasteiger partial charge < -0.3 is 19.5 Å². The Labute approximate surface area is 132 Å². The fourth-order valence-corrected chi connectivity index (χ4v) is 2.56. The number of likely N-dealkylation sites (tertiary alicyclic amines) is 1. The van der Waals surface area contributed by atoms with Crippen molar-refractivity contribution in [2.75, 3.05) is 19.7 Å². The smallest absolute Gasteiger partial charge is 0.410 e. The van der Waals surface area contributed by atoms with Gasteiger partial charge in [-0.2, -0.15) is 0 Å². The molecular formula is C16H27NO5. The largest absolute Gasteiger partial charge is 0.465 e. The number of hydrogen-bond donors (Lipinski definition) is 1. The van der Waals surface area contributed by atoms with E-state index in [0.29, 0.717) is 19.4 Å². The normalized spacial score (nSPS) is 25.5. The number of nitrogens with zero attached hydrogens (tertiary/aromatic N) is 1. The first kappa shape index (κ1) is 18.5. The van der Waals surface area contributed by atoms with Gasteiger partial charge in [0.1, 0.15) is 11.0 Å². The minimum absolute atomic E-state index is 0.0432. The SMILES string of the molecule is C=CC[C@]1(C(=O)OCC)CCN(C(=O)OC(C)(C)C)C[C@@H]1O. The van der Waals surface area contributed by atoms with E-state index in [9.17, 15) is 14.7 Å². The molecule has 0 aliphatic carbocycles. The monoisotopic (exact) mass is 313 g/mol. The molecule has 6 nitrogen and oxygen atoms in total. The summed E-state index contributed by atoms with van der Waals surface area (Å²) in [6.07, 6.45) is 0.741. The van der Waals surface area contributed by atoms with Crippen molar-refractivity contribution in [3.8, 4) is 0 Å². The zero-order valence-electron chi connectivity index (χ0n) is 13.9. The molecule has 22 heavy (non-hydrogen) atoms. The number of carbonyl (C=O) groups is 2. The maximum Gasteiger partial charge on any atom is 0.410 e. The Morgan fingerprint density at radius 1 is 1.45 bits per heavy atom. The third-order valence-electron chi connectivity index (χ3n) is 3.70. The summed E-state index contributed by atoms with van der Waals surface area (Å²) in [4.78, 5) is 25.8. The molecule has 6 heteroatoms. The summed E-state index contributed by atoms with van der Waals surface area (Å²) in [5, 5.41) is 10.5. The molecule has 1 N–H and O–H groups in total. The number of hydrogen-bond acceptors (Lipinski definition) is 5. The molecule has 0 bridgehead atoms. The van der Waals surface area contributed by atoms with E-state index in [1.54, 1.807) is 33.8 Å². The number of piperidine rings is 1. The molecule has 0 unspecified atom stereocenters. The fourth-order valence-electron chi connectivity index (χ4n) is 2.56. The van der Waals surface area contributed by atoms with Crippen LogP contribution in [0.2, 0.25) is 0 Å². The van der Waals surface area contributed by atoms with Crippen LogP contribution in [0.15, 0.2) is 12.7 Å². The lowest BCUT2D eigenvalue weighted by Crippen LogP contribution is -2.56. The van der Waals surface area contributed by atoms with E-state index in [1.165, 1.54) is 4.90 Å². The van der Waals surface area contributed by atoms with Gasteiger partial charge in [-0.25, -0.2) is 4.79 Å². The first-order valence-corrected chi connectivity index (χ1v) is 7.60. The van der Waals surface area contributed by atoms with Crippen LogP contribution >= 0.6 is 0 Å². The Hall–Kier alpha value is -1.56.